The molecule has 150 valence electrons. The number of carbonyl (C=O) groups is 1. The van der Waals surface area contributed by atoms with Gasteiger partial charge < -0.3 is 5.32 Å². The van der Waals surface area contributed by atoms with Gasteiger partial charge in [0.2, 0.25) is 0 Å². The second-order valence-electron chi connectivity index (χ2n) is 7.01. The maximum atomic E-state index is 13.7. The Kier molecular flexibility index (Phi) is 4.63. The number of halogens is 2. The first kappa shape index (κ1) is 18.6. The molecule has 0 saturated heterocycles. The van der Waals surface area contributed by atoms with E-state index in [-0.39, 0.29) is 5.91 Å². The predicted molar refractivity (Wildman–Crippen MR) is 111 cm³/mol. The third kappa shape index (κ3) is 3.29. The van der Waals surface area contributed by atoms with Gasteiger partial charge in [-0.1, -0.05) is 0 Å². The minimum absolute atomic E-state index is 0.316. The molecule has 30 heavy (non-hydrogen) atoms. The summed E-state index contributed by atoms with van der Waals surface area (Å²) in [5.74, 6) is -2.18. The molecule has 2 heterocycles. The highest BCUT2D eigenvalue weighted by molar-refractivity contribution is 7.13. The molecule has 2 aromatic carbocycles. The third-order valence-electron chi connectivity index (χ3n) is 5.12. The third-order valence-corrected chi connectivity index (χ3v) is 5.94. The van der Waals surface area contributed by atoms with E-state index in [2.05, 4.69) is 15.4 Å². The molecule has 0 bridgehead atoms. The molecule has 0 unspecified atom stereocenters. The number of hydrogen-bond donors (Lipinski definition) is 1. The van der Waals surface area contributed by atoms with Crippen LogP contribution < -0.4 is 5.32 Å². The largest absolute Gasteiger partial charge is 0.321 e. The Bertz CT molecular complexity index is 1230. The standard InChI is InChI=1S/C22H16F2N4OS/c23-17-9-8-15(12-18(17)24)28-19-3-1-2-16(19)20(27-28)21(29)26-14-6-4-13(5-7-14)22-25-10-11-30-22/h4-12H,1-3H2,(H,26,29). The zero-order valence-electron chi connectivity index (χ0n) is 15.7. The number of fused-ring (bicyclic) bond motifs is 1. The van der Waals surface area contributed by atoms with Crippen molar-refractivity contribution < 1.29 is 13.6 Å². The Morgan fingerprint density at radius 2 is 1.90 bits per heavy atom. The van der Waals surface area contributed by atoms with E-state index < -0.39 is 11.6 Å². The van der Waals surface area contributed by atoms with E-state index in [4.69, 9.17) is 0 Å². The zero-order chi connectivity index (χ0) is 20.7. The van der Waals surface area contributed by atoms with Crippen molar-refractivity contribution in [1.29, 1.82) is 0 Å². The fraction of sp³-hybridized carbons (Fsp3) is 0.136. The van der Waals surface area contributed by atoms with Crippen LogP contribution in [0.3, 0.4) is 0 Å². The second-order valence-corrected chi connectivity index (χ2v) is 7.90. The fourth-order valence-electron chi connectivity index (χ4n) is 3.70. The number of rotatable bonds is 4. The average Bonchev–Trinajstić information content (AvgIpc) is 3.48. The summed E-state index contributed by atoms with van der Waals surface area (Å²) in [4.78, 5) is 17.2. The summed E-state index contributed by atoms with van der Waals surface area (Å²) in [6.45, 7) is 0. The topological polar surface area (TPSA) is 59.8 Å². The molecule has 0 saturated carbocycles. The summed E-state index contributed by atoms with van der Waals surface area (Å²) in [5, 5.41) is 10.1. The summed E-state index contributed by atoms with van der Waals surface area (Å²) in [6.07, 6.45) is 4.10. The number of nitrogens with one attached hydrogen (secondary N) is 1. The molecule has 0 fully saturated rings. The fourth-order valence-corrected chi connectivity index (χ4v) is 4.35. The first-order chi connectivity index (χ1) is 14.6. The van der Waals surface area contributed by atoms with Crippen LogP contribution in [0.4, 0.5) is 14.5 Å². The molecular formula is C22H16F2N4OS. The number of thiazole rings is 1. The smallest absolute Gasteiger partial charge is 0.276 e. The van der Waals surface area contributed by atoms with Gasteiger partial charge >= 0.3 is 0 Å². The summed E-state index contributed by atoms with van der Waals surface area (Å²) < 4.78 is 28.6. The molecule has 4 aromatic rings. The van der Waals surface area contributed by atoms with Gasteiger partial charge in [-0.25, -0.2) is 18.4 Å². The molecular weight excluding hydrogens is 406 g/mol. The number of aromatic nitrogens is 3. The van der Waals surface area contributed by atoms with Gasteiger partial charge in [0.15, 0.2) is 17.3 Å². The van der Waals surface area contributed by atoms with E-state index in [1.807, 2.05) is 29.6 Å². The highest BCUT2D eigenvalue weighted by Gasteiger charge is 2.27. The van der Waals surface area contributed by atoms with E-state index in [1.54, 1.807) is 22.2 Å². The molecule has 2 aromatic heterocycles. The minimum atomic E-state index is -0.943. The number of benzene rings is 2. The maximum Gasteiger partial charge on any atom is 0.276 e. The van der Waals surface area contributed by atoms with Gasteiger partial charge in [0.25, 0.3) is 5.91 Å². The van der Waals surface area contributed by atoms with Crippen LogP contribution in [0.15, 0.2) is 54.0 Å². The number of hydrogen-bond acceptors (Lipinski definition) is 4. The quantitative estimate of drug-likeness (QED) is 0.503. The van der Waals surface area contributed by atoms with Crippen LogP contribution in [0.25, 0.3) is 16.3 Å². The molecule has 5 rings (SSSR count). The summed E-state index contributed by atoms with van der Waals surface area (Å²) in [6, 6.07) is 11.1. The van der Waals surface area contributed by atoms with E-state index >= 15 is 0 Å². The first-order valence-corrected chi connectivity index (χ1v) is 10.4. The van der Waals surface area contributed by atoms with Crippen molar-refractivity contribution in [3.05, 3.63) is 82.6 Å². The Morgan fingerprint density at radius 1 is 1.07 bits per heavy atom. The molecule has 1 N–H and O–H groups in total. The van der Waals surface area contributed by atoms with Gasteiger partial charge in [0.05, 0.1) is 5.69 Å². The second kappa shape index (κ2) is 7.46. The molecule has 5 nitrogen and oxygen atoms in total. The summed E-state index contributed by atoms with van der Waals surface area (Å²) >= 11 is 1.55. The number of anilines is 1. The van der Waals surface area contributed by atoms with Crippen LogP contribution in [0.2, 0.25) is 0 Å². The van der Waals surface area contributed by atoms with Crippen molar-refractivity contribution in [2.45, 2.75) is 19.3 Å². The zero-order valence-corrected chi connectivity index (χ0v) is 16.5. The van der Waals surface area contributed by atoms with Gasteiger partial charge in [-0.2, -0.15) is 5.10 Å². The predicted octanol–water partition coefficient (Wildman–Crippen LogP) is 5.02. The van der Waals surface area contributed by atoms with Crippen LogP contribution in [-0.2, 0) is 12.8 Å². The van der Waals surface area contributed by atoms with Crippen molar-refractivity contribution >= 4 is 22.9 Å². The number of carbonyl (C=O) groups excluding carboxylic acids is 1. The van der Waals surface area contributed by atoms with Crippen LogP contribution >= 0.6 is 11.3 Å². The van der Waals surface area contributed by atoms with Crippen LogP contribution in [0, 0.1) is 11.6 Å². The monoisotopic (exact) mass is 422 g/mol. The van der Waals surface area contributed by atoms with Gasteiger partial charge in [0, 0.05) is 40.2 Å². The summed E-state index contributed by atoms with van der Waals surface area (Å²) in [5.41, 5.74) is 4.07. The normalized spacial score (nSPS) is 12.7. The highest BCUT2D eigenvalue weighted by atomic mass is 32.1. The van der Waals surface area contributed by atoms with Gasteiger partial charge in [-0.15, -0.1) is 11.3 Å². The lowest BCUT2D eigenvalue weighted by Gasteiger charge is -2.06. The lowest BCUT2D eigenvalue weighted by atomic mass is 10.1. The molecule has 1 amide bonds. The molecule has 1 aliphatic carbocycles. The van der Waals surface area contributed by atoms with Crippen molar-refractivity contribution in [2.24, 2.45) is 0 Å². The van der Waals surface area contributed by atoms with Gasteiger partial charge in [-0.05, 0) is 55.7 Å². The lowest BCUT2D eigenvalue weighted by Crippen LogP contribution is -2.15. The van der Waals surface area contributed by atoms with E-state index in [0.717, 1.165) is 53.2 Å². The number of nitrogens with zero attached hydrogens (tertiary/aromatic N) is 3. The van der Waals surface area contributed by atoms with Crippen molar-refractivity contribution in [1.82, 2.24) is 14.8 Å². The minimum Gasteiger partial charge on any atom is -0.321 e. The van der Waals surface area contributed by atoms with Gasteiger partial charge in [-0.3, -0.25) is 4.79 Å². The van der Waals surface area contributed by atoms with Crippen molar-refractivity contribution in [2.75, 3.05) is 5.32 Å². The Morgan fingerprint density at radius 3 is 2.63 bits per heavy atom. The first-order valence-electron chi connectivity index (χ1n) is 9.47. The van der Waals surface area contributed by atoms with Gasteiger partial charge in [0.1, 0.15) is 5.01 Å². The van der Waals surface area contributed by atoms with E-state index in [0.29, 0.717) is 17.1 Å². The van der Waals surface area contributed by atoms with E-state index in [9.17, 15) is 13.6 Å². The van der Waals surface area contributed by atoms with Crippen molar-refractivity contribution in [3.8, 4) is 16.3 Å². The molecule has 8 heteroatoms. The Labute approximate surface area is 175 Å². The van der Waals surface area contributed by atoms with Crippen LogP contribution in [0.5, 0.6) is 0 Å². The molecule has 0 aliphatic heterocycles. The van der Waals surface area contributed by atoms with E-state index in [1.165, 1.54) is 6.07 Å². The average molecular weight is 422 g/mol. The Balaban J connectivity index is 1.43. The molecule has 0 spiro atoms. The summed E-state index contributed by atoms with van der Waals surface area (Å²) in [7, 11) is 0. The lowest BCUT2D eigenvalue weighted by molar-refractivity contribution is 0.102. The van der Waals surface area contributed by atoms with Crippen LogP contribution in [-0.4, -0.2) is 20.7 Å². The maximum absolute atomic E-state index is 13.7. The molecule has 0 radical (unpaired) electrons. The number of amides is 1. The van der Waals surface area contributed by atoms with Crippen LogP contribution in [0.1, 0.15) is 28.2 Å². The molecule has 0 atom stereocenters. The Hall–Kier alpha value is -3.39. The van der Waals surface area contributed by atoms with Crippen molar-refractivity contribution in [3.63, 3.8) is 0 Å². The molecule has 1 aliphatic rings. The SMILES string of the molecule is O=C(Nc1ccc(-c2nccs2)cc1)c1nn(-c2ccc(F)c(F)c2)c2c1CCC2. The highest BCUT2D eigenvalue weighted by Crippen LogP contribution is 2.29.